The molecular formula is C89H132N8O22. The summed E-state index contributed by atoms with van der Waals surface area (Å²) in [6.07, 6.45) is 3.84. The van der Waals surface area contributed by atoms with Crippen LogP contribution in [0.5, 0.6) is 0 Å². The molecule has 0 aromatic heterocycles. The Morgan fingerprint density at radius 3 is 1.42 bits per heavy atom. The van der Waals surface area contributed by atoms with Gasteiger partial charge in [-0.15, -0.1) is 0 Å². The minimum atomic E-state index is -1.75. The van der Waals surface area contributed by atoms with Crippen LogP contribution in [-0.4, -0.2) is 180 Å². The molecule has 7 unspecified atom stereocenters. The average Bonchev–Trinajstić information content (AvgIpc) is 0.834. The number of urea groups is 1. The van der Waals surface area contributed by atoms with Crippen molar-refractivity contribution >= 4 is 99.8 Å². The van der Waals surface area contributed by atoms with Gasteiger partial charge in [-0.3, -0.25) is 43.2 Å². The van der Waals surface area contributed by atoms with Gasteiger partial charge in [0.2, 0.25) is 35.4 Å². The number of rotatable bonds is 46. The first-order valence-electron chi connectivity index (χ1n) is 41.4. The molecule has 1 saturated carbocycles. The van der Waals surface area contributed by atoms with E-state index in [9.17, 15) is 71.9 Å². The Morgan fingerprint density at radius 2 is 0.908 bits per heavy atom. The highest BCUT2D eigenvalue weighted by molar-refractivity contribution is 5.96. The molecule has 0 aliphatic heterocycles. The lowest BCUT2D eigenvalue weighted by molar-refractivity contribution is -0.161. The molecule has 660 valence electrons. The van der Waals surface area contributed by atoms with E-state index in [-0.39, 0.29) is 88.7 Å². The van der Waals surface area contributed by atoms with Gasteiger partial charge in [-0.25, -0.2) is 28.8 Å². The predicted molar refractivity (Wildman–Crippen MR) is 446 cm³/mol. The topological polar surface area (TPSA) is 417 Å². The molecule has 8 N–H and O–H groups in total. The Bertz CT molecular complexity index is 3930. The van der Waals surface area contributed by atoms with Crippen LogP contribution in [0.1, 0.15) is 249 Å². The Labute approximate surface area is 701 Å². The number of amides is 8. The third-order valence-corrected chi connectivity index (χ3v) is 18.7. The van der Waals surface area contributed by atoms with Gasteiger partial charge in [-0.05, 0) is 222 Å². The van der Waals surface area contributed by atoms with Crippen molar-refractivity contribution in [1.82, 2.24) is 42.5 Å². The highest BCUT2D eigenvalue weighted by atomic mass is 16.6. The molecule has 1 aliphatic rings. The molecule has 119 heavy (non-hydrogen) atoms. The number of Topliss-reactive ketones (excluding diaryl/α,β-unsaturated/α-hetero) is 1. The van der Waals surface area contributed by atoms with Crippen LogP contribution in [0.3, 0.4) is 0 Å². The van der Waals surface area contributed by atoms with Crippen LogP contribution in [0.25, 0.3) is 10.8 Å². The van der Waals surface area contributed by atoms with Gasteiger partial charge in [0.25, 0.3) is 0 Å². The van der Waals surface area contributed by atoms with Crippen LogP contribution < -0.4 is 42.5 Å². The molecule has 1 fully saturated rings. The second-order valence-electron chi connectivity index (χ2n) is 35.5. The van der Waals surface area contributed by atoms with Crippen LogP contribution in [-0.2, 0) is 113 Å². The number of carbonyl (C=O) groups excluding carboxylic acids is 15. The largest absolute Gasteiger partial charge is 0.467 e. The first kappa shape index (κ1) is 101. The van der Waals surface area contributed by atoms with E-state index in [1.165, 1.54) is 6.08 Å². The highest BCUT2D eigenvalue weighted by Gasteiger charge is 2.38. The lowest BCUT2D eigenvalue weighted by Crippen LogP contribution is -2.53. The number of ether oxygens (including phenoxy) is 7. The van der Waals surface area contributed by atoms with Crippen molar-refractivity contribution in [2.45, 2.75) is 316 Å². The van der Waals surface area contributed by atoms with Crippen molar-refractivity contribution in [1.29, 1.82) is 0 Å². The number of benzene rings is 3. The van der Waals surface area contributed by atoms with Crippen molar-refractivity contribution in [3.8, 4) is 0 Å². The number of aryl methyl sites for hydroxylation is 2. The molecule has 0 saturated heterocycles. The molecular weight excluding hydrogens is 1530 g/mol. The fourth-order valence-electron chi connectivity index (χ4n) is 13.0. The predicted octanol–water partition coefficient (Wildman–Crippen LogP) is 9.99. The maximum atomic E-state index is 14.4. The van der Waals surface area contributed by atoms with E-state index in [0.717, 1.165) is 34.6 Å². The molecule has 4 rings (SSSR count). The molecule has 0 bridgehead atoms. The number of esters is 7. The lowest BCUT2D eigenvalue weighted by Gasteiger charge is -2.29. The minimum Gasteiger partial charge on any atom is -0.467 e. The third-order valence-electron chi connectivity index (χ3n) is 18.7. The number of ketones is 1. The zero-order valence-electron chi connectivity index (χ0n) is 73.0. The van der Waals surface area contributed by atoms with Gasteiger partial charge in [0.05, 0.1) is 26.4 Å². The Hall–Kier alpha value is -10.3. The van der Waals surface area contributed by atoms with E-state index in [1.807, 2.05) is 73.7 Å². The summed E-state index contributed by atoms with van der Waals surface area (Å²) >= 11 is 0. The van der Waals surface area contributed by atoms with Crippen molar-refractivity contribution in [2.24, 2.45) is 17.8 Å². The molecule has 3 aromatic carbocycles. The summed E-state index contributed by atoms with van der Waals surface area (Å²) in [4.78, 5) is 205. The number of fused-ring (bicyclic) bond motifs is 1. The second-order valence-corrected chi connectivity index (χ2v) is 35.5. The maximum absolute atomic E-state index is 14.4. The van der Waals surface area contributed by atoms with Crippen molar-refractivity contribution in [3.63, 3.8) is 0 Å². The molecule has 8 amide bonds. The van der Waals surface area contributed by atoms with Crippen LogP contribution in [0.15, 0.2) is 79.4 Å². The second kappa shape index (κ2) is 48.7. The van der Waals surface area contributed by atoms with Gasteiger partial charge in [0.1, 0.15) is 76.6 Å². The summed E-state index contributed by atoms with van der Waals surface area (Å²) in [6.45, 7) is 30.1. The van der Waals surface area contributed by atoms with Crippen molar-refractivity contribution in [2.75, 3.05) is 26.8 Å². The molecule has 30 heteroatoms. The summed E-state index contributed by atoms with van der Waals surface area (Å²) in [5, 5.41) is 23.3. The van der Waals surface area contributed by atoms with Gasteiger partial charge in [0.15, 0.2) is 0 Å². The Kier molecular flexibility index (Phi) is 41.4. The molecule has 0 heterocycles. The molecule has 1 aliphatic carbocycles. The molecule has 0 spiro atoms. The third kappa shape index (κ3) is 42.3. The number of carbonyl (C=O) groups is 15. The normalized spacial score (nSPS) is 15.5. The molecule has 7 atom stereocenters. The number of unbranched alkanes of at least 4 members (excludes halogenated alkanes) is 3. The summed E-state index contributed by atoms with van der Waals surface area (Å²) in [7, 11) is 1.16. The van der Waals surface area contributed by atoms with Crippen LogP contribution in [0.4, 0.5) is 4.79 Å². The Morgan fingerprint density at radius 1 is 0.437 bits per heavy atom. The van der Waals surface area contributed by atoms with E-state index in [1.54, 1.807) is 104 Å². The molecule has 0 radical (unpaired) electrons. The summed E-state index contributed by atoms with van der Waals surface area (Å²) in [5.74, 6) is -11.4. The van der Waals surface area contributed by atoms with Gasteiger partial charge in [-0.2, -0.15) is 0 Å². The highest BCUT2D eigenvalue weighted by Crippen LogP contribution is 2.32. The molecule has 30 nitrogen and oxygen atoms in total. The quantitative estimate of drug-likeness (QED) is 0.0113. The average molecular weight is 1670 g/mol. The van der Waals surface area contributed by atoms with Crippen LogP contribution >= 0.6 is 0 Å². The van der Waals surface area contributed by atoms with Crippen LogP contribution in [0, 0.1) is 24.7 Å². The van der Waals surface area contributed by atoms with E-state index in [4.69, 9.17) is 33.2 Å². The number of hydrogen-bond donors (Lipinski definition) is 8. The fourth-order valence-corrected chi connectivity index (χ4v) is 13.0. The van der Waals surface area contributed by atoms with E-state index in [0.29, 0.717) is 70.6 Å². The zero-order valence-corrected chi connectivity index (χ0v) is 73.0. The fraction of sp³-hybridized carbons (Fsp3) is 0.629. The number of nitrogens with one attached hydrogen (secondary N) is 8. The van der Waals surface area contributed by atoms with Gasteiger partial charge in [0, 0.05) is 50.6 Å². The van der Waals surface area contributed by atoms with Crippen molar-refractivity contribution in [3.05, 3.63) is 96.1 Å². The number of methoxy groups -OCH3 is 1. The number of hydrogen-bond acceptors (Lipinski definition) is 22. The Balaban J connectivity index is 1.47. The summed E-state index contributed by atoms with van der Waals surface area (Å²) in [5.41, 5.74) is -2.13. The van der Waals surface area contributed by atoms with Gasteiger partial charge < -0.3 is 75.7 Å². The van der Waals surface area contributed by atoms with Gasteiger partial charge in [-0.1, -0.05) is 97.8 Å². The van der Waals surface area contributed by atoms with Crippen molar-refractivity contribution < 1.29 is 105 Å². The van der Waals surface area contributed by atoms with E-state index >= 15 is 0 Å². The first-order valence-corrected chi connectivity index (χ1v) is 41.4. The monoisotopic (exact) mass is 1660 g/mol. The van der Waals surface area contributed by atoms with Crippen LogP contribution in [0.2, 0.25) is 0 Å². The standard InChI is InChI=1S/C89H132N8O22/c1-19-48-114-75(103)34-22-20-21-31-64(92-72(100)53-68(82(110)118-88(12,13)14)94-74(102)54-69(83(111)119-89(15,16)17)95-73(101)52-67(81(109)117-87(9,10)11)93-71(99)33-27-28-57-37-35-56(2)36-38-57)78(106)91-55-58-39-43-61(44-40-58)70(98)51-63(50-59-41-42-60-29-23-24-30-62(60)49-59)77(105)90-47-26-25-32-65(79(107)113-18)96-84(112)97-66(80(108)116-86(6,7)8)45-46-76(104)115-85(3,4)5/h19,23-24,29-30,35-38,41-42,49,58,61,63-69H,1,20-22,25-28,31-34,39-40,43-48,50-55H2,2-18H3,(H,90,105)(H,91,106)(H,92,100)(H,93,99)(H,94,102)(H,95,101)(H2,96,97,112). The van der Waals surface area contributed by atoms with E-state index < -0.39 is 173 Å². The SMILES string of the molecule is C=CCOC(=O)CCCCCC(NC(=O)CC(NC(=O)CC(NC(=O)CC(NC(=O)CCCc1ccc(C)cc1)C(=O)OC(C)(C)C)C(=O)OC(C)(C)C)C(=O)OC(C)(C)C)C(=O)NCC1CCC(C(=O)CC(Cc2ccc3ccccc3c2)C(=O)NCCCCC(NC(=O)NC(CCC(=O)OC(C)(C)C)C(=O)OC(C)(C)C)C(=O)OC)CC1. The molecule has 3 aromatic rings. The zero-order chi connectivity index (χ0) is 89.0. The van der Waals surface area contributed by atoms with Gasteiger partial charge >= 0.3 is 47.8 Å². The summed E-state index contributed by atoms with van der Waals surface area (Å²) < 4.78 is 37.8. The smallest absolute Gasteiger partial charge is 0.329 e. The van der Waals surface area contributed by atoms with E-state index in [2.05, 4.69) is 49.1 Å². The lowest BCUT2D eigenvalue weighted by atomic mass is 9.77. The minimum absolute atomic E-state index is 0.00611. The summed E-state index contributed by atoms with van der Waals surface area (Å²) in [6, 6.07) is 11.9. The first-order chi connectivity index (χ1) is 55.6. The maximum Gasteiger partial charge on any atom is 0.329 e.